The molecule has 6 heteroatoms. The smallest absolute Gasteiger partial charge is 0.176 e. The zero-order valence-corrected chi connectivity index (χ0v) is 24.6. The Kier molecular flexibility index (Phi) is 6.58. The average molecular weight is 562 g/mol. The number of hydrogen-bond donors (Lipinski definition) is 0. The summed E-state index contributed by atoms with van der Waals surface area (Å²) in [6, 6.07) is 17.6. The van der Waals surface area contributed by atoms with Crippen molar-refractivity contribution >= 4 is 17.5 Å². The summed E-state index contributed by atoms with van der Waals surface area (Å²) in [5, 5.41) is 21.8. The molecule has 2 aromatic carbocycles. The minimum absolute atomic E-state index is 0.233. The Bertz CT molecular complexity index is 1460. The molecule has 0 spiro atoms. The standard InChI is InChI=1S/C36H39N3O3/c1-3-4-13-42-29-11-9-27(17-30(29)41-2)32-33(34(40)35-18-23-14-24(19-35)16-25(15-23)20-35)39-28-8-6-5-7-26(28)10-12-31(39)36(32,21-37)22-38/h5-12,17,23-25,31-33H,3-4,13-16,18-20H2,1-2H3. The van der Waals surface area contributed by atoms with Crippen LogP contribution in [0.25, 0.3) is 6.08 Å². The van der Waals surface area contributed by atoms with Gasteiger partial charge in [0.05, 0.1) is 37.9 Å². The number of carbonyl (C=O) groups is 1. The fraction of sp³-hybridized carbons (Fsp3) is 0.528. The zero-order chi connectivity index (χ0) is 29.1. The molecule has 1 saturated heterocycles. The molecule has 42 heavy (non-hydrogen) atoms. The van der Waals surface area contributed by atoms with Gasteiger partial charge in [-0.2, -0.15) is 10.5 Å². The van der Waals surface area contributed by atoms with Crippen LogP contribution >= 0.6 is 0 Å². The van der Waals surface area contributed by atoms with Gasteiger partial charge in [0.25, 0.3) is 0 Å². The highest BCUT2D eigenvalue weighted by atomic mass is 16.5. The molecule has 0 radical (unpaired) electrons. The minimum atomic E-state index is -1.46. The van der Waals surface area contributed by atoms with Crippen molar-refractivity contribution < 1.29 is 14.3 Å². The molecule has 4 saturated carbocycles. The van der Waals surface area contributed by atoms with Crippen LogP contribution in [0.15, 0.2) is 48.5 Å². The van der Waals surface area contributed by atoms with Crippen LogP contribution in [0.2, 0.25) is 0 Å². The first-order chi connectivity index (χ1) is 20.5. The fourth-order valence-electron chi connectivity index (χ4n) is 9.66. The van der Waals surface area contributed by atoms with E-state index in [-0.39, 0.29) is 11.2 Å². The number of methoxy groups -OCH3 is 1. The summed E-state index contributed by atoms with van der Waals surface area (Å²) in [6.07, 6.45) is 12.5. The number of ketones is 1. The molecule has 0 amide bonds. The Morgan fingerprint density at radius 2 is 1.69 bits per heavy atom. The molecule has 0 aromatic heterocycles. The number of rotatable bonds is 8. The van der Waals surface area contributed by atoms with Crippen LogP contribution in [-0.2, 0) is 4.79 Å². The van der Waals surface area contributed by atoms with Gasteiger partial charge in [-0.25, -0.2) is 0 Å². The number of ether oxygens (including phenoxy) is 2. The van der Waals surface area contributed by atoms with Gasteiger partial charge in [-0.05, 0) is 92.0 Å². The van der Waals surface area contributed by atoms with Crippen molar-refractivity contribution in [1.82, 2.24) is 0 Å². The van der Waals surface area contributed by atoms with Crippen molar-refractivity contribution in [2.45, 2.75) is 76.3 Å². The SMILES string of the molecule is CCCCOc1ccc(C2C(C(=O)C34CC5CC(CC(C5)C3)C4)N3c4ccccc4C=CC3C2(C#N)C#N)cc1OC. The van der Waals surface area contributed by atoms with Gasteiger partial charge in [0.2, 0.25) is 0 Å². The van der Waals surface area contributed by atoms with Crippen LogP contribution < -0.4 is 14.4 Å². The lowest BCUT2D eigenvalue weighted by molar-refractivity contribution is -0.145. The predicted molar refractivity (Wildman–Crippen MR) is 161 cm³/mol. The van der Waals surface area contributed by atoms with Crippen molar-refractivity contribution in [3.8, 4) is 23.6 Å². The third-order valence-electron chi connectivity index (χ3n) is 11.0. The predicted octanol–water partition coefficient (Wildman–Crippen LogP) is 7.06. The molecule has 2 aromatic rings. The van der Waals surface area contributed by atoms with Gasteiger partial charge < -0.3 is 14.4 Å². The number of para-hydroxylation sites is 1. The van der Waals surface area contributed by atoms with Gasteiger partial charge in [-0.3, -0.25) is 4.79 Å². The van der Waals surface area contributed by atoms with E-state index < -0.39 is 23.4 Å². The summed E-state index contributed by atoms with van der Waals surface area (Å²) >= 11 is 0. The van der Waals surface area contributed by atoms with Crippen molar-refractivity contribution in [2.75, 3.05) is 18.6 Å². The molecule has 6 aliphatic rings. The first kappa shape index (κ1) is 27.1. The summed E-state index contributed by atoms with van der Waals surface area (Å²) in [5.74, 6) is 2.63. The second kappa shape index (κ2) is 10.2. The number of hydrogen-bond acceptors (Lipinski definition) is 6. The Morgan fingerprint density at radius 3 is 2.33 bits per heavy atom. The summed E-state index contributed by atoms with van der Waals surface area (Å²) < 4.78 is 11.8. The van der Waals surface area contributed by atoms with E-state index in [9.17, 15) is 10.5 Å². The maximum absolute atomic E-state index is 15.3. The Hall–Kier alpha value is -3.77. The molecular weight excluding hydrogens is 522 g/mol. The number of benzene rings is 2. The Labute approximate surface area is 248 Å². The number of unbranched alkanes of at least 4 members (excludes halogenated alkanes) is 1. The Morgan fingerprint density at radius 1 is 1.00 bits per heavy atom. The van der Waals surface area contributed by atoms with Crippen LogP contribution in [0.3, 0.4) is 0 Å². The number of anilines is 1. The summed E-state index contributed by atoms with van der Waals surface area (Å²) in [7, 11) is 1.61. The number of fused-ring (bicyclic) bond motifs is 3. The second-order valence-electron chi connectivity index (χ2n) is 13.5. The molecule has 216 valence electrons. The highest BCUT2D eigenvalue weighted by molar-refractivity contribution is 5.97. The summed E-state index contributed by atoms with van der Waals surface area (Å²) in [6.45, 7) is 2.70. The van der Waals surface area contributed by atoms with Crippen molar-refractivity contribution in [3.63, 3.8) is 0 Å². The maximum atomic E-state index is 15.3. The van der Waals surface area contributed by atoms with Gasteiger partial charge in [0.1, 0.15) is 0 Å². The maximum Gasteiger partial charge on any atom is 0.176 e. The lowest BCUT2D eigenvalue weighted by Crippen LogP contribution is -2.56. The lowest BCUT2D eigenvalue weighted by Gasteiger charge is -2.57. The zero-order valence-electron chi connectivity index (χ0n) is 24.6. The molecule has 2 heterocycles. The molecule has 3 atom stereocenters. The quantitative estimate of drug-likeness (QED) is 0.321. The number of nitrogens with zero attached hydrogens (tertiary/aromatic N) is 3. The largest absolute Gasteiger partial charge is 0.493 e. The van der Waals surface area contributed by atoms with Crippen molar-refractivity contribution in [2.24, 2.45) is 28.6 Å². The fourth-order valence-corrected chi connectivity index (χ4v) is 9.66. The van der Waals surface area contributed by atoms with Crippen molar-refractivity contribution in [3.05, 3.63) is 59.7 Å². The van der Waals surface area contributed by atoms with Crippen LogP contribution in [0.4, 0.5) is 5.69 Å². The van der Waals surface area contributed by atoms with Gasteiger partial charge in [0.15, 0.2) is 22.7 Å². The molecule has 8 rings (SSSR count). The van der Waals surface area contributed by atoms with E-state index in [1.807, 2.05) is 54.6 Å². The third kappa shape index (κ3) is 3.91. The molecule has 4 bridgehead atoms. The summed E-state index contributed by atoms with van der Waals surface area (Å²) in [4.78, 5) is 17.5. The topological polar surface area (TPSA) is 86.4 Å². The van der Waals surface area contributed by atoms with Crippen LogP contribution in [0.1, 0.15) is 75.3 Å². The molecule has 5 fully saturated rings. The van der Waals surface area contributed by atoms with Crippen molar-refractivity contribution in [1.29, 1.82) is 10.5 Å². The highest BCUT2D eigenvalue weighted by Crippen LogP contribution is 2.64. The van der Waals surface area contributed by atoms with Crippen LogP contribution in [0, 0.1) is 51.2 Å². The molecular formula is C36H39N3O3. The van der Waals surface area contributed by atoms with Crippen LogP contribution in [-0.4, -0.2) is 31.6 Å². The van der Waals surface area contributed by atoms with Gasteiger partial charge in [-0.1, -0.05) is 49.8 Å². The number of nitriles is 2. The molecule has 3 unspecified atom stereocenters. The van der Waals surface area contributed by atoms with Crippen LogP contribution in [0.5, 0.6) is 11.5 Å². The van der Waals surface area contributed by atoms with Gasteiger partial charge in [-0.15, -0.1) is 0 Å². The first-order valence-corrected chi connectivity index (χ1v) is 15.7. The molecule has 4 aliphatic carbocycles. The van der Waals surface area contributed by atoms with Gasteiger partial charge >= 0.3 is 0 Å². The van der Waals surface area contributed by atoms with E-state index in [0.717, 1.165) is 48.9 Å². The van der Waals surface area contributed by atoms with Gasteiger partial charge in [0, 0.05) is 17.0 Å². The van der Waals surface area contributed by atoms with E-state index >= 15 is 4.79 Å². The third-order valence-corrected chi connectivity index (χ3v) is 11.0. The molecule has 2 aliphatic heterocycles. The lowest BCUT2D eigenvalue weighted by atomic mass is 9.47. The minimum Gasteiger partial charge on any atom is -0.493 e. The Balaban J connectivity index is 1.39. The highest BCUT2D eigenvalue weighted by Gasteiger charge is 2.67. The second-order valence-corrected chi connectivity index (χ2v) is 13.5. The van der Waals surface area contributed by atoms with E-state index in [1.54, 1.807) is 7.11 Å². The molecule has 6 nitrogen and oxygen atoms in total. The summed E-state index contributed by atoms with van der Waals surface area (Å²) in [5.41, 5.74) is 0.882. The number of carbonyl (C=O) groups excluding carboxylic acids is 1. The van der Waals surface area contributed by atoms with E-state index in [4.69, 9.17) is 9.47 Å². The average Bonchev–Trinajstić information content (AvgIpc) is 3.31. The monoisotopic (exact) mass is 561 g/mol. The normalized spacial score (nSPS) is 32.9. The van der Waals surface area contributed by atoms with E-state index in [0.29, 0.717) is 35.9 Å². The number of Topliss-reactive ketones (excluding diaryl/α,β-unsaturated/α-hetero) is 1. The van der Waals surface area contributed by atoms with E-state index in [2.05, 4.69) is 24.0 Å². The van der Waals surface area contributed by atoms with E-state index in [1.165, 1.54) is 19.3 Å². The first-order valence-electron chi connectivity index (χ1n) is 15.7. The molecule has 0 N–H and O–H groups in total.